The van der Waals surface area contributed by atoms with E-state index in [0.717, 1.165) is 0 Å². The van der Waals surface area contributed by atoms with Crippen LogP contribution in [0.15, 0.2) is 11.6 Å². The smallest absolute Gasteiger partial charge is 0.310 e. The first-order chi connectivity index (χ1) is 11.3. The Bertz CT molecular complexity index is 519. The minimum Gasteiger partial charge on any atom is -0.465 e. The SMILES string of the molecule is CC(C)[C@@H]1CCC[C@@H](C(C)C)C1COC(=O)CC1=CC(=O)NC1=O. The lowest BCUT2D eigenvalue weighted by Gasteiger charge is -2.42. The van der Waals surface area contributed by atoms with Gasteiger partial charge < -0.3 is 4.74 Å². The number of esters is 1. The Hall–Kier alpha value is -1.65. The van der Waals surface area contributed by atoms with Crippen molar-refractivity contribution >= 4 is 17.8 Å². The number of rotatable bonds is 6. The lowest BCUT2D eigenvalue weighted by Crippen LogP contribution is -2.37. The largest absolute Gasteiger partial charge is 0.465 e. The fraction of sp³-hybridized carbons (Fsp3) is 0.737. The Balaban J connectivity index is 1.96. The minimum atomic E-state index is -0.491. The molecule has 5 nitrogen and oxygen atoms in total. The van der Waals surface area contributed by atoms with Crippen molar-refractivity contribution in [3.05, 3.63) is 11.6 Å². The summed E-state index contributed by atoms with van der Waals surface area (Å²) in [5, 5.41) is 2.14. The van der Waals surface area contributed by atoms with E-state index in [1.807, 2.05) is 0 Å². The predicted molar refractivity (Wildman–Crippen MR) is 90.8 cm³/mol. The van der Waals surface area contributed by atoms with Crippen LogP contribution in [0.5, 0.6) is 0 Å². The summed E-state index contributed by atoms with van der Waals surface area (Å²) in [6.07, 6.45) is 4.66. The average molecular weight is 335 g/mol. The van der Waals surface area contributed by atoms with Crippen LogP contribution in [0.1, 0.15) is 53.4 Å². The maximum absolute atomic E-state index is 12.1. The Morgan fingerprint density at radius 1 is 1.17 bits per heavy atom. The molecule has 1 aliphatic heterocycles. The third kappa shape index (κ3) is 4.46. The number of carbonyl (C=O) groups is 3. The van der Waals surface area contributed by atoms with Crippen molar-refractivity contribution in [3.63, 3.8) is 0 Å². The summed E-state index contributed by atoms with van der Waals surface area (Å²) in [4.78, 5) is 34.7. The standard InChI is InChI=1S/C19H29NO4/c1-11(2)14-6-5-7-15(12(3)4)16(14)10-24-18(22)9-13-8-17(21)20-19(13)23/h8,11-12,14-16H,5-7,9-10H2,1-4H3,(H,20,21,23)/t14-,15-/m0/s1. The monoisotopic (exact) mass is 335 g/mol. The van der Waals surface area contributed by atoms with E-state index in [1.54, 1.807) is 0 Å². The summed E-state index contributed by atoms with van der Waals surface area (Å²) >= 11 is 0. The lowest BCUT2D eigenvalue weighted by atomic mass is 9.65. The van der Waals surface area contributed by atoms with Gasteiger partial charge in [0.2, 0.25) is 0 Å². The lowest BCUT2D eigenvalue weighted by molar-refractivity contribution is -0.147. The van der Waals surface area contributed by atoms with Crippen LogP contribution in [-0.4, -0.2) is 24.4 Å². The van der Waals surface area contributed by atoms with Gasteiger partial charge in [-0.2, -0.15) is 0 Å². The first-order valence-corrected chi connectivity index (χ1v) is 9.01. The van der Waals surface area contributed by atoms with Crippen molar-refractivity contribution in [3.8, 4) is 0 Å². The number of nitrogens with one attached hydrogen (secondary N) is 1. The highest BCUT2D eigenvalue weighted by Crippen LogP contribution is 2.42. The second-order valence-electron chi connectivity index (χ2n) is 7.76. The molecule has 0 saturated heterocycles. The van der Waals surface area contributed by atoms with Gasteiger partial charge in [0.1, 0.15) is 0 Å². The molecule has 1 heterocycles. The molecule has 0 spiro atoms. The average Bonchev–Trinajstić information content (AvgIpc) is 2.82. The van der Waals surface area contributed by atoms with Gasteiger partial charge in [0.15, 0.2) is 0 Å². The summed E-state index contributed by atoms with van der Waals surface area (Å²) in [5.41, 5.74) is 0.189. The quantitative estimate of drug-likeness (QED) is 0.598. The molecule has 1 saturated carbocycles. The van der Waals surface area contributed by atoms with Gasteiger partial charge in [0.25, 0.3) is 11.8 Å². The molecule has 2 rings (SSSR count). The van der Waals surface area contributed by atoms with Gasteiger partial charge in [0, 0.05) is 11.6 Å². The van der Waals surface area contributed by atoms with Crippen LogP contribution in [0.25, 0.3) is 0 Å². The van der Waals surface area contributed by atoms with E-state index in [9.17, 15) is 14.4 Å². The first kappa shape index (κ1) is 18.7. The third-order valence-electron chi connectivity index (χ3n) is 5.49. The Labute approximate surface area is 144 Å². The first-order valence-electron chi connectivity index (χ1n) is 9.01. The maximum atomic E-state index is 12.1. The molecule has 0 aromatic rings. The molecule has 0 bridgehead atoms. The van der Waals surface area contributed by atoms with Crippen LogP contribution in [0.4, 0.5) is 0 Å². The summed E-state index contributed by atoms with van der Waals surface area (Å²) in [6, 6.07) is 0. The molecule has 0 unspecified atom stereocenters. The van der Waals surface area contributed by atoms with Crippen LogP contribution < -0.4 is 5.32 Å². The number of ether oxygens (including phenoxy) is 1. The summed E-state index contributed by atoms with van der Waals surface area (Å²) in [5.74, 6) is 1.25. The third-order valence-corrected chi connectivity index (χ3v) is 5.49. The Morgan fingerprint density at radius 2 is 1.75 bits per heavy atom. The van der Waals surface area contributed by atoms with E-state index in [0.29, 0.717) is 36.2 Å². The van der Waals surface area contributed by atoms with Crippen LogP contribution in [-0.2, 0) is 19.1 Å². The minimum absolute atomic E-state index is 0.136. The van der Waals surface area contributed by atoms with Crippen molar-refractivity contribution in [1.29, 1.82) is 0 Å². The molecule has 0 radical (unpaired) electrons. The topological polar surface area (TPSA) is 72.5 Å². The Morgan fingerprint density at radius 3 is 2.21 bits per heavy atom. The number of imide groups is 1. The zero-order chi connectivity index (χ0) is 17.9. The molecular weight excluding hydrogens is 306 g/mol. The molecule has 0 aromatic heterocycles. The highest BCUT2D eigenvalue weighted by Gasteiger charge is 2.37. The van der Waals surface area contributed by atoms with Gasteiger partial charge >= 0.3 is 5.97 Å². The van der Waals surface area contributed by atoms with Crippen LogP contribution in [0.3, 0.4) is 0 Å². The van der Waals surface area contributed by atoms with E-state index < -0.39 is 17.8 Å². The van der Waals surface area contributed by atoms with Crippen LogP contribution >= 0.6 is 0 Å². The molecule has 2 aliphatic rings. The van der Waals surface area contributed by atoms with Gasteiger partial charge in [-0.05, 0) is 42.4 Å². The number of carbonyl (C=O) groups excluding carboxylic acids is 3. The molecule has 0 aromatic carbocycles. The number of hydrogen-bond acceptors (Lipinski definition) is 4. The highest BCUT2D eigenvalue weighted by atomic mass is 16.5. The van der Waals surface area contributed by atoms with Crippen LogP contribution in [0, 0.1) is 29.6 Å². The molecule has 1 N–H and O–H groups in total. The molecule has 1 aliphatic carbocycles. The second-order valence-corrected chi connectivity index (χ2v) is 7.76. The van der Waals surface area contributed by atoms with Gasteiger partial charge in [-0.15, -0.1) is 0 Å². The van der Waals surface area contributed by atoms with Crippen molar-refractivity contribution in [1.82, 2.24) is 5.32 Å². The maximum Gasteiger partial charge on any atom is 0.310 e. The Kier molecular flexibility index (Phi) is 6.19. The fourth-order valence-corrected chi connectivity index (χ4v) is 4.22. The molecule has 5 heteroatoms. The van der Waals surface area contributed by atoms with Crippen molar-refractivity contribution < 1.29 is 19.1 Å². The van der Waals surface area contributed by atoms with Crippen molar-refractivity contribution in [2.45, 2.75) is 53.4 Å². The van der Waals surface area contributed by atoms with E-state index in [-0.39, 0.29) is 12.0 Å². The van der Waals surface area contributed by atoms with Gasteiger partial charge in [0.05, 0.1) is 13.0 Å². The molecule has 1 fully saturated rings. The molecule has 134 valence electrons. The summed E-state index contributed by atoms with van der Waals surface area (Å²) in [7, 11) is 0. The zero-order valence-electron chi connectivity index (χ0n) is 15.1. The second kappa shape index (κ2) is 7.95. The van der Waals surface area contributed by atoms with Gasteiger partial charge in [-0.1, -0.05) is 34.1 Å². The molecule has 2 amide bonds. The van der Waals surface area contributed by atoms with E-state index in [4.69, 9.17) is 4.74 Å². The highest BCUT2D eigenvalue weighted by molar-refractivity contribution is 6.17. The predicted octanol–water partition coefficient (Wildman–Crippen LogP) is 2.85. The molecular formula is C19H29NO4. The van der Waals surface area contributed by atoms with Gasteiger partial charge in [-0.25, -0.2) is 0 Å². The normalized spacial score (nSPS) is 27.4. The van der Waals surface area contributed by atoms with E-state index in [2.05, 4.69) is 33.0 Å². The van der Waals surface area contributed by atoms with E-state index in [1.165, 1.54) is 25.3 Å². The molecule has 24 heavy (non-hydrogen) atoms. The number of amides is 2. The fourth-order valence-electron chi connectivity index (χ4n) is 4.22. The number of hydrogen-bond donors (Lipinski definition) is 1. The van der Waals surface area contributed by atoms with Gasteiger partial charge in [-0.3, -0.25) is 19.7 Å². The molecule has 2 atom stereocenters. The van der Waals surface area contributed by atoms with E-state index >= 15 is 0 Å². The van der Waals surface area contributed by atoms with Crippen molar-refractivity contribution in [2.24, 2.45) is 29.6 Å². The van der Waals surface area contributed by atoms with Crippen LogP contribution in [0.2, 0.25) is 0 Å². The zero-order valence-corrected chi connectivity index (χ0v) is 15.1. The summed E-state index contributed by atoms with van der Waals surface area (Å²) in [6.45, 7) is 9.36. The summed E-state index contributed by atoms with van der Waals surface area (Å²) < 4.78 is 5.52. The van der Waals surface area contributed by atoms with Crippen molar-refractivity contribution in [2.75, 3.05) is 6.61 Å².